The lowest BCUT2D eigenvalue weighted by atomic mass is 10.2. The van der Waals surface area contributed by atoms with Gasteiger partial charge in [0.25, 0.3) is 0 Å². The Morgan fingerprint density at radius 1 is 0.909 bits per heavy atom. The van der Waals surface area contributed by atoms with Gasteiger partial charge in [-0.2, -0.15) is 0 Å². The highest BCUT2D eigenvalue weighted by molar-refractivity contribution is 7.89. The first kappa shape index (κ1) is 16.0. The molecule has 2 rings (SSSR count). The van der Waals surface area contributed by atoms with E-state index in [2.05, 4.69) is 10.6 Å². The Balaban J connectivity index is 1.86. The van der Waals surface area contributed by atoms with Crippen molar-refractivity contribution in [2.75, 3.05) is 0 Å². The number of sulfonamides is 1. The Bertz CT molecular complexity index is 746. The van der Waals surface area contributed by atoms with E-state index in [4.69, 9.17) is 5.14 Å². The van der Waals surface area contributed by atoms with Crippen molar-refractivity contribution in [3.63, 3.8) is 0 Å². The van der Waals surface area contributed by atoms with Crippen molar-refractivity contribution < 1.29 is 13.2 Å². The van der Waals surface area contributed by atoms with Gasteiger partial charge in [-0.3, -0.25) is 0 Å². The quantitative estimate of drug-likeness (QED) is 0.775. The lowest BCUT2D eigenvalue weighted by Crippen LogP contribution is -2.34. The van der Waals surface area contributed by atoms with Gasteiger partial charge in [0.1, 0.15) is 0 Å². The number of amides is 2. The molecular formula is C15H17N3O3S. The van der Waals surface area contributed by atoms with Gasteiger partial charge >= 0.3 is 6.03 Å². The van der Waals surface area contributed by atoms with Crippen molar-refractivity contribution in [3.8, 4) is 0 Å². The number of nitrogens with two attached hydrogens (primary N) is 1. The van der Waals surface area contributed by atoms with Crippen molar-refractivity contribution in [1.82, 2.24) is 10.6 Å². The van der Waals surface area contributed by atoms with Gasteiger partial charge in [-0.05, 0) is 23.3 Å². The largest absolute Gasteiger partial charge is 0.334 e. The number of hydrogen-bond acceptors (Lipinski definition) is 3. The maximum Gasteiger partial charge on any atom is 0.315 e. The molecule has 22 heavy (non-hydrogen) atoms. The van der Waals surface area contributed by atoms with E-state index in [1.165, 1.54) is 12.1 Å². The fourth-order valence-corrected chi connectivity index (χ4v) is 2.44. The van der Waals surface area contributed by atoms with Crippen LogP contribution >= 0.6 is 0 Å². The maximum absolute atomic E-state index is 11.7. The molecule has 2 aromatic rings. The highest BCUT2D eigenvalue weighted by Crippen LogP contribution is 2.09. The lowest BCUT2D eigenvalue weighted by molar-refractivity contribution is 0.240. The highest BCUT2D eigenvalue weighted by Gasteiger charge is 2.08. The summed E-state index contributed by atoms with van der Waals surface area (Å²) < 4.78 is 22.5. The smallest absolute Gasteiger partial charge is 0.315 e. The Morgan fingerprint density at radius 2 is 1.50 bits per heavy atom. The third-order valence-corrected chi connectivity index (χ3v) is 3.89. The van der Waals surface area contributed by atoms with E-state index in [9.17, 15) is 13.2 Å². The van der Waals surface area contributed by atoms with Crippen LogP contribution in [0.25, 0.3) is 0 Å². The van der Waals surface area contributed by atoms with Gasteiger partial charge in [0.2, 0.25) is 10.0 Å². The van der Waals surface area contributed by atoms with Crippen LogP contribution < -0.4 is 15.8 Å². The average Bonchev–Trinajstić information content (AvgIpc) is 2.51. The van der Waals surface area contributed by atoms with Crippen LogP contribution in [0.5, 0.6) is 0 Å². The van der Waals surface area contributed by atoms with Crippen LogP contribution in [0.2, 0.25) is 0 Å². The summed E-state index contributed by atoms with van der Waals surface area (Å²) in [6.07, 6.45) is 0. The number of nitrogens with one attached hydrogen (secondary N) is 2. The van der Waals surface area contributed by atoms with Crippen molar-refractivity contribution in [1.29, 1.82) is 0 Å². The molecule has 0 unspecified atom stereocenters. The summed E-state index contributed by atoms with van der Waals surface area (Å²) in [6.45, 7) is 0.633. The van der Waals surface area contributed by atoms with Crippen molar-refractivity contribution >= 4 is 16.1 Å². The van der Waals surface area contributed by atoms with Gasteiger partial charge in [-0.25, -0.2) is 18.4 Å². The van der Waals surface area contributed by atoms with Crippen LogP contribution in [-0.4, -0.2) is 14.4 Å². The minimum Gasteiger partial charge on any atom is -0.334 e. The van der Waals surface area contributed by atoms with E-state index in [0.717, 1.165) is 5.56 Å². The Hall–Kier alpha value is -2.38. The number of carbonyl (C=O) groups is 1. The zero-order valence-electron chi connectivity index (χ0n) is 11.8. The van der Waals surface area contributed by atoms with E-state index < -0.39 is 10.0 Å². The van der Waals surface area contributed by atoms with Crippen LogP contribution in [-0.2, 0) is 23.1 Å². The molecule has 0 spiro atoms. The highest BCUT2D eigenvalue weighted by atomic mass is 32.2. The number of carbonyl (C=O) groups excluding carboxylic acids is 1. The number of rotatable bonds is 5. The Morgan fingerprint density at radius 3 is 2.14 bits per heavy atom. The monoisotopic (exact) mass is 319 g/mol. The van der Waals surface area contributed by atoms with Gasteiger partial charge in [-0.15, -0.1) is 0 Å². The summed E-state index contributed by atoms with van der Waals surface area (Å²) in [6, 6.07) is 15.3. The molecule has 116 valence electrons. The summed E-state index contributed by atoms with van der Waals surface area (Å²) in [5.41, 5.74) is 1.65. The van der Waals surface area contributed by atoms with Gasteiger partial charge in [0.05, 0.1) is 4.90 Å². The van der Waals surface area contributed by atoms with Gasteiger partial charge in [-0.1, -0.05) is 42.5 Å². The average molecular weight is 319 g/mol. The van der Waals surface area contributed by atoms with Crippen molar-refractivity contribution in [2.24, 2.45) is 5.14 Å². The van der Waals surface area contributed by atoms with Gasteiger partial charge < -0.3 is 10.6 Å². The van der Waals surface area contributed by atoms with E-state index in [1.807, 2.05) is 30.3 Å². The van der Waals surface area contributed by atoms with E-state index in [-0.39, 0.29) is 17.5 Å². The fourth-order valence-electron chi connectivity index (χ4n) is 1.86. The number of benzene rings is 2. The van der Waals surface area contributed by atoms with Crippen LogP contribution in [0.1, 0.15) is 11.1 Å². The standard InChI is InChI=1S/C15H17N3O3S/c16-22(20,21)14-8-4-7-13(9-14)11-18-15(19)17-10-12-5-2-1-3-6-12/h1-9H,10-11H2,(H2,16,20,21)(H2,17,18,19). The second-order valence-electron chi connectivity index (χ2n) is 4.71. The third-order valence-electron chi connectivity index (χ3n) is 2.98. The van der Waals surface area contributed by atoms with Crippen LogP contribution in [0, 0.1) is 0 Å². The fraction of sp³-hybridized carbons (Fsp3) is 0.133. The molecule has 2 aromatic carbocycles. The van der Waals surface area contributed by atoms with Gasteiger partial charge in [0, 0.05) is 13.1 Å². The maximum atomic E-state index is 11.7. The first-order valence-electron chi connectivity index (χ1n) is 6.62. The minimum atomic E-state index is -3.74. The van der Waals surface area contributed by atoms with E-state index in [1.54, 1.807) is 12.1 Å². The molecule has 4 N–H and O–H groups in total. The molecule has 0 bridgehead atoms. The molecule has 2 amide bonds. The molecule has 0 heterocycles. The summed E-state index contributed by atoms with van der Waals surface area (Å²) in [4.78, 5) is 11.7. The van der Waals surface area contributed by atoms with Gasteiger partial charge in [0.15, 0.2) is 0 Å². The molecule has 0 aliphatic heterocycles. The summed E-state index contributed by atoms with van der Waals surface area (Å²) in [5, 5.41) is 10.4. The molecular weight excluding hydrogens is 302 g/mol. The van der Waals surface area contributed by atoms with Crippen LogP contribution in [0.4, 0.5) is 4.79 Å². The molecule has 0 saturated carbocycles. The van der Waals surface area contributed by atoms with Crippen LogP contribution in [0.3, 0.4) is 0 Å². The summed E-state index contributed by atoms with van der Waals surface area (Å²) in [7, 11) is -3.74. The third kappa shape index (κ3) is 4.87. The summed E-state index contributed by atoms with van der Waals surface area (Å²) in [5.74, 6) is 0. The van der Waals surface area contributed by atoms with E-state index in [0.29, 0.717) is 12.1 Å². The summed E-state index contributed by atoms with van der Waals surface area (Å²) >= 11 is 0. The first-order chi connectivity index (χ1) is 10.4. The second-order valence-corrected chi connectivity index (χ2v) is 6.28. The van der Waals surface area contributed by atoms with Crippen LogP contribution in [0.15, 0.2) is 59.5 Å². The second kappa shape index (κ2) is 7.06. The first-order valence-corrected chi connectivity index (χ1v) is 8.17. The number of primary sulfonamides is 1. The normalized spacial score (nSPS) is 11.0. The number of hydrogen-bond donors (Lipinski definition) is 3. The molecule has 6 nitrogen and oxygen atoms in total. The predicted octanol–water partition coefficient (Wildman–Crippen LogP) is 1.33. The molecule has 0 aliphatic rings. The van der Waals surface area contributed by atoms with Crippen molar-refractivity contribution in [3.05, 3.63) is 65.7 Å². The molecule has 0 fully saturated rings. The topological polar surface area (TPSA) is 101 Å². The minimum absolute atomic E-state index is 0.0245. The van der Waals surface area contributed by atoms with Crippen molar-refractivity contribution in [2.45, 2.75) is 18.0 Å². The molecule has 0 radical (unpaired) electrons. The number of urea groups is 1. The molecule has 0 saturated heterocycles. The SMILES string of the molecule is NS(=O)(=O)c1cccc(CNC(=O)NCc2ccccc2)c1. The lowest BCUT2D eigenvalue weighted by Gasteiger charge is -2.08. The zero-order valence-corrected chi connectivity index (χ0v) is 12.6. The Kier molecular flexibility index (Phi) is 5.13. The van der Waals surface area contributed by atoms with E-state index >= 15 is 0 Å². The molecule has 0 atom stereocenters. The Labute approximate surface area is 129 Å². The zero-order chi connectivity index (χ0) is 16.0. The molecule has 0 aliphatic carbocycles. The molecule has 7 heteroatoms. The molecule has 0 aromatic heterocycles. The predicted molar refractivity (Wildman–Crippen MR) is 83.3 cm³/mol.